The van der Waals surface area contributed by atoms with Crippen LogP contribution in [0.1, 0.15) is 32.4 Å². The zero-order valence-electron chi connectivity index (χ0n) is 11.1. The molecule has 19 heavy (non-hydrogen) atoms. The van der Waals surface area contributed by atoms with Gasteiger partial charge in [-0.1, -0.05) is 13.8 Å². The molecular weight excluding hydrogens is 272 g/mol. The minimum absolute atomic E-state index is 0.0625. The van der Waals surface area contributed by atoms with Gasteiger partial charge in [-0.25, -0.2) is 17.2 Å². The van der Waals surface area contributed by atoms with E-state index in [0.717, 1.165) is 12.1 Å². The van der Waals surface area contributed by atoms with E-state index >= 15 is 0 Å². The number of fused-ring (bicyclic) bond motifs is 1. The van der Waals surface area contributed by atoms with Crippen molar-refractivity contribution in [2.24, 2.45) is 5.92 Å². The van der Waals surface area contributed by atoms with Gasteiger partial charge in [0.05, 0.1) is 5.25 Å². The fraction of sp³-hybridized carbons (Fsp3) is 0.538. The van der Waals surface area contributed by atoms with Crippen molar-refractivity contribution < 1.29 is 17.2 Å². The van der Waals surface area contributed by atoms with Gasteiger partial charge in [-0.2, -0.15) is 0 Å². The predicted octanol–water partition coefficient (Wildman–Crippen LogP) is 2.43. The molecule has 1 heterocycles. The fourth-order valence-electron chi connectivity index (χ4n) is 2.64. The third-order valence-electron chi connectivity index (χ3n) is 3.87. The molecule has 1 aliphatic rings. The largest absolute Gasteiger partial charge is 0.310 e. The number of halogens is 2. The van der Waals surface area contributed by atoms with Crippen molar-refractivity contribution in [2.45, 2.75) is 37.0 Å². The second kappa shape index (κ2) is 4.83. The quantitative estimate of drug-likeness (QED) is 0.909. The van der Waals surface area contributed by atoms with E-state index in [1.807, 2.05) is 6.92 Å². The highest BCUT2D eigenvalue weighted by molar-refractivity contribution is 7.92. The van der Waals surface area contributed by atoms with Crippen LogP contribution in [-0.2, 0) is 9.84 Å². The van der Waals surface area contributed by atoms with Crippen LogP contribution in [0.3, 0.4) is 0 Å². The van der Waals surface area contributed by atoms with E-state index in [2.05, 4.69) is 5.32 Å². The Balaban J connectivity index is 2.79. The van der Waals surface area contributed by atoms with Crippen molar-refractivity contribution in [1.29, 1.82) is 0 Å². The summed E-state index contributed by atoms with van der Waals surface area (Å²) in [5, 5.41) is 2.31. The Hall–Kier alpha value is -1.01. The van der Waals surface area contributed by atoms with E-state index in [4.69, 9.17) is 0 Å². The van der Waals surface area contributed by atoms with Gasteiger partial charge in [0, 0.05) is 11.6 Å². The normalized spacial score (nSPS) is 29.0. The summed E-state index contributed by atoms with van der Waals surface area (Å²) < 4.78 is 52.5. The Bertz CT molecular complexity index is 601. The van der Waals surface area contributed by atoms with E-state index in [9.17, 15) is 17.2 Å². The van der Waals surface area contributed by atoms with Crippen LogP contribution in [0, 0.1) is 17.6 Å². The summed E-state index contributed by atoms with van der Waals surface area (Å²) >= 11 is 0. The SMILES string of the molecule is CCNC1c2c(F)ccc(F)c2S(=O)(=O)C(C)C1C. The molecule has 0 aromatic heterocycles. The van der Waals surface area contributed by atoms with Crippen LogP contribution in [0.2, 0.25) is 0 Å². The van der Waals surface area contributed by atoms with Crippen LogP contribution < -0.4 is 5.32 Å². The van der Waals surface area contributed by atoms with Gasteiger partial charge < -0.3 is 5.32 Å². The summed E-state index contributed by atoms with van der Waals surface area (Å²) in [6.07, 6.45) is 0. The first-order chi connectivity index (χ1) is 8.82. The van der Waals surface area contributed by atoms with Gasteiger partial charge in [0.25, 0.3) is 0 Å². The van der Waals surface area contributed by atoms with E-state index in [-0.39, 0.29) is 11.5 Å². The molecular formula is C13H17F2NO2S. The van der Waals surface area contributed by atoms with Crippen LogP contribution >= 0.6 is 0 Å². The highest BCUT2D eigenvalue weighted by atomic mass is 32.2. The van der Waals surface area contributed by atoms with Crippen LogP contribution in [0.5, 0.6) is 0 Å². The summed E-state index contributed by atoms with van der Waals surface area (Å²) in [5.41, 5.74) is -0.0625. The number of sulfone groups is 1. The zero-order valence-corrected chi connectivity index (χ0v) is 11.9. The van der Waals surface area contributed by atoms with Gasteiger partial charge in [-0.05, 0) is 31.5 Å². The molecule has 0 spiro atoms. The van der Waals surface area contributed by atoms with Crippen molar-refractivity contribution in [2.75, 3.05) is 6.54 Å². The standard InChI is InChI=1S/C13H17F2NO2S/c1-4-16-12-7(2)8(3)19(17,18)13-10(15)6-5-9(14)11(12)13/h5-8,12,16H,4H2,1-3H3. The van der Waals surface area contributed by atoms with E-state index < -0.39 is 37.7 Å². The van der Waals surface area contributed by atoms with Gasteiger partial charge in [-0.3, -0.25) is 0 Å². The summed E-state index contributed by atoms with van der Waals surface area (Å²) in [7, 11) is -3.83. The molecule has 106 valence electrons. The first-order valence-corrected chi connectivity index (χ1v) is 7.82. The van der Waals surface area contributed by atoms with Crippen molar-refractivity contribution in [3.8, 4) is 0 Å². The third kappa shape index (κ3) is 2.07. The maximum atomic E-state index is 14.0. The van der Waals surface area contributed by atoms with Gasteiger partial charge >= 0.3 is 0 Å². The lowest BCUT2D eigenvalue weighted by atomic mass is 9.91. The van der Waals surface area contributed by atoms with E-state index in [1.165, 1.54) is 6.92 Å². The third-order valence-corrected chi connectivity index (χ3v) is 6.26. The molecule has 6 heteroatoms. The van der Waals surface area contributed by atoms with Gasteiger partial charge in [-0.15, -0.1) is 0 Å². The average molecular weight is 289 g/mol. The summed E-state index contributed by atoms with van der Waals surface area (Å²) in [4.78, 5) is -0.482. The molecule has 3 nitrogen and oxygen atoms in total. The smallest absolute Gasteiger partial charge is 0.184 e. The Morgan fingerprint density at radius 3 is 2.37 bits per heavy atom. The topological polar surface area (TPSA) is 46.2 Å². The highest BCUT2D eigenvalue weighted by Crippen LogP contribution is 2.42. The number of nitrogens with one attached hydrogen (secondary N) is 1. The van der Waals surface area contributed by atoms with Crippen LogP contribution in [0.25, 0.3) is 0 Å². The monoisotopic (exact) mass is 289 g/mol. The molecule has 0 saturated carbocycles. The van der Waals surface area contributed by atoms with Crippen LogP contribution in [-0.4, -0.2) is 20.2 Å². The summed E-state index contributed by atoms with van der Waals surface area (Å²) in [6, 6.07) is 1.36. The molecule has 3 atom stereocenters. The van der Waals surface area contributed by atoms with Crippen molar-refractivity contribution >= 4 is 9.84 Å². The number of hydrogen-bond donors (Lipinski definition) is 1. The molecule has 3 unspecified atom stereocenters. The Labute approximate surface area is 111 Å². The molecule has 1 aromatic rings. The number of hydrogen-bond acceptors (Lipinski definition) is 3. The summed E-state index contributed by atoms with van der Waals surface area (Å²) in [6.45, 7) is 5.68. The van der Waals surface area contributed by atoms with Crippen molar-refractivity contribution in [3.05, 3.63) is 29.3 Å². The predicted molar refractivity (Wildman–Crippen MR) is 68.6 cm³/mol. The molecule has 1 aromatic carbocycles. The Kier molecular flexibility index (Phi) is 3.66. The van der Waals surface area contributed by atoms with Gasteiger partial charge in [0.2, 0.25) is 0 Å². The van der Waals surface area contributed by atoms with Gasteiger partial charge in [0.1, 0.15) is 16.5 Å². The highest BCUT2D eigenvalue weighted by Gasteiger charge is 2.44. The molecule has 0 bridgehead atoms. The molecule has 0 radical (unpaired) electrons. The minimum atomic E-state index is -3.83. The second-order valence-corrected chi connectivity index (χ2v) is 7.16. The van der Waals surface area contributed by atoms with Crippen molar-refractivity contribution in [1.82, 2.24) is 5.32 Å². The van der Waals surface area contributed by atoms with Crippen LogP contribution in [0.4, 0.5) is 8.78 Å². The lowest BCUT2D eigenvalue weighted by molar-refractivity contribution is 0.346. The van der Waals surface area contributed by atoms with Crippen LogP contribution in [0.15, 0.2) is 17.0 Å². The lowest BCUT2D eigenvalue weighted by Crippen LogP contribution is -2.42. The van der Waals surface area contributed by atoms with E-state index in [1.54, 1.807) is 6.92 Å². The second-order valence-electron chi connectivity index (χ2n) is 4.92. The molecule has 0 saturated heterocycles. The molecule has 0 fully saturated rings. The maximum absolute atomic E-state index is 14.0. The Morgan fingerprint density at radius 1 is 1.21 bits per heavy atom. The van der Waals surface area contributed by atoms with Gasteiger partial charge in [0.15, 0.2) is 9.84 Å². The van der Waals surface area contributed by atoms with E-state index in [0.29, 0.717) is 6.54 Å². The first kappa shape index (κ1) is 14.4. The number of rotatable bonds is 2. The molecule has 0 amide bonds. The molecule has 1 aliphatic heterocycles. The first-order valence-electron chi connectivity index (χ1n) is 6.27. The fourth-order valence-corrected chi connectivity index (χ4v) is 4.60. The summed E-state index contributed by atoms with van der Waals surface area (Å²) in [5.74, 6) is -1.88. The molecule has 2 rings (SSSR count). The average Bonchev–Trinajstić information content (AvgIpc) is 2.35. The lowest BCUT2D eigenvalue weighted by Gasteiger charge is -2.36. The minimum Gasteiger partial charge on any atom is -0.310 e. The number of benzene rings is 1. The molecule has 1 N–H and O–H groups in total. The molecule has 0 aliphatic carbocycles. The Morgan fingerprint density at radius 2 is 1.79 bits per heavy atom. The zero-order chi connectivity index (χ0) is 14.4. The van der Waals surface area contributed by atoms with Crippen molar-refractivity contribution in [3.63, 3.8) is 0 Å². The maximum Gasteiger partial charge on any atom is 0.184 e.